The Hall–Kier alpha value is -4.15. The maximum atomic E-state index is 10.9. The first-order valence-electron chi connectivity index (χ1n) is 10.9. The lowest BCUT2D eigenvalue weighted by molar-refractivity contribution is -0.384. The first-order valence-corrected chi connectivity index (χ1v) is 11.7. The van der Waals surface area contributed by atoms with Crippen molar-refractivity contribution in [1.82, 2.24) is 4.57 Å². The minimum atomic E-state index is -0.454. The van der Waals surface area contributed by atoms with E-state index in [9.17, 15) is 15.4 Å². The van der Waals surface area contributed by atoms with E-state index in [1.165, 1.54) is 12.1 Å². The van der Waals surface area contributed by atoms with Crippen molar-refractivity contribution in [1.29, 1.82) is 5.26 Å². The molecule has 0 atom stereocenters. The molecule has 4 aromatic rings. The van der Waals surface area contributed by atoms with E-state index in [-0.39, 0.29) is 5.69 Å². The minimum Gasteiger partial charge on any atom is -0.489 e. The number of allylic oxidation sites excluding steroid dienone is 1. The third kappa shape index (κ3) is 5.51. The fourth-order valence-electron chi connectivity index (χ4n) is 3.87. The van der Waals surface area contributed by atoms with Crippen molar-refractivity contribution >= 4 is 33.3 Å². The average Bonchev–Trinajstić information content (AvgIpc) is 3.15. The number of aryl methyl sites for hydroxylation is 1. The Kier molecular flexibility index (Phi) is 7.14. The zero-order valence-electron chi connectivity index (χ0n) is 19.2. The predicted octanol–water partition coefficient (Wildman–Crippen LogP) is 7.41. The van der Waals surface area contributed by atoms with Gasteiger partial charge in [-0.15, -0.1) is 0 Å². The smallest absolute Gasteiger partial charge is 0.269 e. The largest absolute Gasteiger partial charge is 0.489 e. The molecule has 0 bridgehead atoms. The summed E-state index contributed by atoms with van der Waals surface area (Å²) in [6.07, 6.45) is 1.82. The van der Waals surface area contributed by atoms with Crippen molar-refractivity contribution in [2.45, 2.75) is 20.5 Å². The minimum absolute atomic E-state index is 0.00603. The van der Waals surface area contributed by atoms with Crippen LogP contribution in [0.25, 0.3) is 17.3 Å². The molecular formula is C28H22BrN3O3. The number of nitro benzene ring substituents is 1. The SMILES string of the molecule is Cc1cc(/C=C(/C#N)c2ccc([N+](=O)[O-])cc2)c(C)n1-c1ccc(OCc2ccc(Br)cc2)cc1. The summed E-state index contributed by atoms with van der Waals surface area (Å²) in [5, 5.41) is 20.6. The highest BCUT2D eigenvalue weighted by Crippen LogP contribution is 2.27. The predicted molar refractivity (Wildman–Crippen MR) is 140 cm³/mol. The number of benzene rings is 3. The summed E-state index contributed by atoms with van der Waals surface area (Å²) in [4.78, 5) is 10.5. The molecule has 0 aliphatic carbocycles. The summed E-state index contributed by atoms with van der Waals surface area (Å²) in [6.45, 7) is 4.50. The second kappa shape index (κ2) is 10.4. The average molecular weight is 528 g/mol. The van der Waals surface area contributed by atoms with Gasteiger partial charge in [-0.25, -0.2) is 0 Å². The molecular weight excluding hydrogens is 506 g/mol. The van der Waals surface area contributed by atoms with Crippen LogP contribution in [0.5, 0.6) is 5.75 Å². The normalized spacial score (nSPS) is 11.2. The Morgan fingerprint density at radius 3 is 2.31 bits per heavy atom. The highest BCUT2D eigenvalue weighted by molar-refractivity contribution is 9.10. The number of halogens is 1. The van der Waals surface area contributed by atoms with Crippen LogP contribution in [0.3, 0.4) is 0 Å². The van der Waals surface area contributed by atoms with Crippen molar-refractivity contribution in [3.63, 3.8) is 0 Å². The van der Waals surface area contributed by atoms with Gasteiger partial charge < -0.3 is 9.30 Å². The van der Waals surface area contributed by atoms with E-state index < -0.39 is 4.92 Å². The van der Waals surface area contributed by atoms with Gasteiger partial charge in [-0.1, -0.05) is 28.1 Å². The molecule has 1 aromatic heterocycles. The lowest BCUT2D eigenvalue weighted by Crippen LogP contribution is -2.00. The zero-order valence-corrected chi connectivity index (χ0v) is 20.8. The fourth-order valence-corrected chi connectivity index (χ4v) is 4.13. The van der Waals surface area contributed by atoms with Gasteiger partial charge in [0.25, 0.3) is 5.69 Å². The molecule has 1 heterocycles. The summed E-state index contributed by atoms with van der Waals surface area (Å²) in [5.41, 5.74) is 6.07. The Balaban J connectivity index is 1.55. The van der Waals surface area contributed by atoms with Gasteiger partial charge in [0.05, 0.1) is 16.6 Å². The molecule has 0 radical (unpaired) electrons. The van der Waals surface area contributed by atoms with Crippen molar-refractivity contribution in [2.75, 3.05) is 0 Å². The van der Waals surface area contributed by atoms with Crippen LogP contribution >= 0.6 is 15.9 Å². The lowest BCUT2D eigenvalue weighted by atomic mass is 10.0. The molecule has 0 amide bonds. The molecule has 0 fully saturated rings. The van der Waals surface area contributed by atoms with Crippen LogP contribution in [0, 0.1) is 35.3 Å². The van der Waals surface area contributed by atoms with Crippen LogP contribution in [0.4, 0.5) is 5.69 Å². The standard InChI is InChI=1S/C28H22BrN3O3/c1-19-15-23(16-24(17-30)22-5-9-27(10-6-22)32(33)34)20(2)31(19)26-11-13-28(14-12-26)35-18-21-3-7-25(29)8-4-21/h3-16H,18H2,1-2H3/b24-16-. The van der Waals surface area contributed by atoms with Gasteiger partial charge in [-0.3, -0.25) is 10.1 Å². The monoisotopic (exact) mass is 527 g/mol. The molecule has 0 N–H and O–H groups in total. The van der Waals surface area contributed by atoms with Crippen LogP contribution in [-0.2, 0) is 6.61 Å². The summed E-state index contributed by atoms with van der Waals surface area (Å²) < 4.78 is 9.07. The topological polar surface area (TPSA) is 81.1 Å². The molecule has 35 heavy (non-hydrogen) atoms. The van der Waals surface area contributed by atoms with E-state index in [0.29, 0.717) is 17.7 Å². The Bertz CT molecular complexity index is 1430. The van der Waals surface area contributed by atoms with Gasteiger partial charge >= 0.3 is 0 Å². The molecule has 3 aromatic carbocycles. The Labute approximate surface area is 212 Å². The lowest BCUT2D eigenvalue weighted by Gasteiger charge is -2.12. The van der Waals surface area contributed by atoms with Gasteiger partial charge in [0.15, 0.2) is 0 Å². The fraction of sp³-hybridized carbons (Fsp3) is 0.107. The van der Waals surface area contributed by atoms with Crippen LogP contribution in [0.2, 0.25) is 0 Å². The van der Waals surface area contributed by atoms with Crippen LogP contribution < -0.4 is 4.74 Å². The van der Waals surface area contributed by atoms with Crippen molar-refractivity contribution in [3.05, 3.63) is 122 Å². The number of ether oxygens (including phenoxy) is 1. The van der Waals surface area contributed by atoms with E-state index >= 15 is 0 Å². The maximum absolute atomic E-state index is 10.9. The molecule has 0 unspecified atom stereocenters. The summed E-state index contributed by atoms with van der Waals surface area (Å²) in [6, 6.07) is 26.2. The van der Waals surface area contributed by atoms with Gasteiger partial charge in [-0.05, 0) is 91.2 Å². The number of hydrogen-bond donors (Lipinski definition) is 0. The van der Waals surface area contributed by atoms with Crippen LogP contribution in [-0.4, -0.2) is 9.49 Å². The number of non-ortho nitro benzene ring substituents is 1. The number of nitriles is 1. The molecule has 6 nitrogen and oxygen atoms in total. The van der Waals surface area contributed by atoms with Crippen LogP contribution in [0.15, 0.2) is 83.3 Å². The van der Waals surface area contributed by atoms with E-state index in [2.05, 4.69) is 26.6 Å². The zero-order chi connectivity index (χ0) is 24.9. The highest BCUT2D eigenvalue weighted by atomic mass is 79.9. The van der Waals surface area contributed by atoms with Crippen molar-refractivity contribution in [3.8, 4) is 17.5 Å². The van der Waals surface area contributed by atoms with E-state index in [4.69, 9.17) is 4.74 Å². The Morgan fingerprint density at radius 2 is 1.71 bits per heavy atom. The highest BCUT2D eigenvalue weighted by Gasteiger charge is 2.12. The summed E-state index contributed by atoms with van der Waals surface area (Å²) in [7, 11) is 0. The number of nitro groups is 1. The molecule has 0 saturated heterocycles. The third-order valence-electron chi connectivity index (χ3n) is 5.69. The van der Waals surface area contributed by atoms with E-state index in [1.807, 2.05) is 74.5 Å². The molecule has 0 aliphatic rings. The van der Waals surface area contributed by atoms with Crippen LogP contribution in [0.1, 0.15) is 28.1 Å². The number of hydrogen-bond acceptors (Lipinski definition) is 4. The first-order chi connectivity index (χ1) is 16.9. The van der Waals surface area contributed by atoms with Gasteiger partial charge in [0.1, 0.15) is 12.4 Å². The van der Waals surface area contributed by atoms with Gasteiger partial charge in [-0.2, -0.15) is 5.26 Å². The quantitative estimate of drug-likeness (QED) is 0.142. The summed E-state index contributed by atoms with van der Waals surface area (Å²) >= 11 is 3.44. The summed E-state index contributed by atoms with van der Waals surface area (Å²) in [5.74, 6) is 0.782. The van der Waals surface area contributed by atoms with E-state index in [1.54, 1.807) is 12.1 Å². The Morgan fingerprint density at radius 1 is 1.06 bits per heavy atom. The number of rotatable bonds is 7. The van der Waals surface area contributed by atoms with Gasteiger partial charge in [0.2, 0.25) is 0 Å². The molecule has 7 heteroatoms. The molecule has 4 rings (SSSR count). The van der Waals surface area contributed by atoms with Crippen molar-refractivity contribution < 1.29 is 9.66 Å². The molecule has 174 valence electrons. The second-order valence-corrected chi connectivity index (χ2v) is 8.96. The van der Waals surface area contributed by atoms with Gasteiger partial charge in [0, 0.05) is 33.7 Å². The van der Waals surface area contributed by atoms with Crippen molar-refractivity contribution in [2.24, 2.45) is 0 Å². The van der Waals surface area contributed by atoms with E-state index in [0.717, 1.165) is 38.4 Å². The maximum Gasteiger partial charge on any atom is 0.269 e. The molecule has 0 saturated carbocycles. The first kappa shape index (κ1) is 24.0. The number of nitrogens with zero attached hydrogens (tertiary/aromatic N) is 3. The third-order valence-corrected chi connectivity index (χ3v) is 6.22. The molecule has 0 spiro atoms. The second-order valence-electron chi connectivity index (χ2n) is 8.04. The molecule has 0 aliphatic heterocycles. The number of aromatic nitrogens is 1.